The topological polar surface area (TPSA) is 63.4 Å². The van der Waals surface area contributed by atoms with Gasteiger partial charge in [0, 0.05) is 28.2 Å². The molecule has 0 saturated carbocycles. The first kappa shape index (κ1) is 22.0. The second-order valence-electron chi connectivity index (χ2n) is 7.71. The van der Waals surface area contributed by atoms with Crippen LogP contribution in [-0.4, -0.2) is 51.0 Å². The lowest BCUT2D eigenvalue weighted by Crippen LogP contribution is -2.38. The van der Waals surface area contributed by atoms with E-state index in [-0.39, 0.29) is 18.4 Å². The Balaban J connectivity index is 1.69. The third-order valence-electron chi connectivity index (χ3n) is 5.70. The van der Waals surface area contributed by atoms with Crippen LogP contribution in [0.3, 0.4) is 0 Å². The van der Waals surface area contributed by atoms with Gasteiger partial charge in [-0.2, -0.15) is 0 Å². The fraction of sp³-hybridized carbons (Fsp3) is 0.364. The summed E-state index contributed by atoms with van der Waals surface area (Å²) < 4.78 is 23.1. The van der Waals surface area contributed by atoms with Gasteiger partial charge in [-0.3, -0.25) is 9.47 Å². The lowest BCUT2D eigenvalue weighted by molar-refractivity contribution is 0.0798. The van der Waals surface area contributed by atoms with Crippen LogP contribution in [0.25, 0.3) is 5.69 Å². The summed E-state index contributed by atoms with van der Waals surface area (Å²) in [5.41, 5.74) is 2.39. The summed E-state index contributed by atoms with van der Waals surface area (Å²) >= 11 is 12.7. The number of hydrogen-bond acceptors (Lipinski definition) is 5. The van der Waals surface area contributed by atoms with Crippen LogP contribution in [0.15, 0.2) is 30.3 Å². The molecule has 1 heterocycles. The first-order valence-electron chi connectivity index (χ1n) is 9.94. The Morgan fingerprint density at radius 2 is 1.90 bits per heavy atom. The smallest absolute Gasteiger partial charge is 0.167 e. The van der Waals surface area contributed by atoms with E-state index in [9.17, 15) is 5.11 Å². The van der Waals surface area contributed by atoms with Crippen LogP contribution in [0.1, 0.15) is 28.9 Å². The van der Waals surface area contributed by atoms with E-state index in [4.69, 9.17) is 27.9 Å². The zero-order valence-electron chi connectivity index (χ0n) is 17.4. The fourth-order valence-corrected chi connectivity index (χ4v) is 4.76. The lowest BCUT2D eigenvalue weighted by Gasteiger charge is -2.30. The van der Waals surface area contributed by atoms with Crippen molar-refractivity contribution in [3.05, 3.63) is 69.0 Å². The van der Waals surface area contributed by atoms with Gasteiger partial charge in [-0.15, -0.1) is 10.2 Å². The number of halogens is 3. The molecule has 6 nitrogen and oxygen atoms in total. The van der Waals surface area contributed by atoms with Gasteiger partial charge in [0.15, 0.2) is 11.6 Å². The number of aryl methyl sites for hydroxylation is 2. The van der Waals surface area contributed by atoms with Crippen molar-refractivity contribution in [2.45, 2.75) is 32.4 Å². The Morgan fingerprint density at radius 1 is 1.19 bits per heavy atom. The normalized spacial score (nSPS) is 17.9. The van der Waals surface area contributed by atoms with Crippen molar-refractivity contribution < 1.29 is 14.2 Å². The molecule has 164 valence electrons. The predicted octanol–water partition coefficient (Wildman–Crippen LogP) is 4.30. The minimum Gasteiger partial charge on any atom is -0.481 e. The highest BCUT2D eigenvalue weighted by molar-refractivity contribution is 6.35. The molecule has 1 aliphatic rings. The van der Waals surface area contributed by atoms with Crippen molar-refractivity contribution >= 4 is 23.2 Å². The number of fused-ring (bicyclic) bond motifs is 1. The van der Waals surface area contributed by atoms with Gasteiger partial charge in [-0.1, -0.05) is 23.2 Å². The Bertz CT molecular complexity index is 1100. The molecule has 0 saturated heterocycles. The number of aromatic nitrogens is 3. The highest BCUT2D eigenvalue weighted by Crippen LogP contribution is 2.42. The van der Waals surface area contributed by atoms with Crippen molar-refractivity contribution in [1.82, 2.24) is 19.7 Å². The van der Waals surface area contributed by atoms with Crippen LogP contribution >= 0.6 is 23.2 Å². The Kier molecular flexibility index (Phi) is 6.21. The number of rotatable bonds is 6. The summed E-state index contributed by atoms with van der Waals surface area (Å²) in [7, 11) is 1.90. The summed E-state index contributed by atoms with van der Waals surface area (Å²) in [6, 6.07) is 8.18. The number of hydrogen-bond donors (Lipinski definition) is 1. The second-order valence-corrected chi connectivity index (χ2v) is 8.56. The quantitative estimate of drug-likeness (QED) is 0.588. The summed E-state index contributed by atoms with van der Waals surface area (Å²) in [5, 5.41) is 18.5. The highest BCUT2D eigenvalue weighted by atomic mass is 35.5. The summed E-state index contributed by atoms with van der Waals surface area (Å²) in [6.07, 6.45) is 0.132. The third kappa shape index (κ3) is 4.15. The van der Waals surface area contributed by atoms with E-state index in [2.05, 4.69) is 10.2 Å². The number of nitrogens with zero attached hydrogens (tertiary/aromatic N) is 4. The first-order chi connectivity index (χ1) is 14.8. The molecule has 0 aliphatic heterocycles. The van der Waals surface area contributed by atoms with Gasteiger partial charge in [-0.05, 0) is 57.1 Å². The molecule has 0 radical (unpaired) electrons. The maximum Gasteiger partial charge on any atom is 0.167 e. The van der Waals surface area contributed by atoms with Crippen molar-refractivity contribution in [1.29, 1.82) is 0 Å². The van der Waals surface area contributed by atoms with Crippen molar-refractivity contribution in [2.24, 2.45) is 0 Å². The van der Waals surface area contributed by atoms with Gasteiger partial charge < -0.3 is 9.84 Å². The maximum atomic E-state index is 15.1. The van der Waals surface area contributed by atoms with Gasteiger partial charge in [-0.25, -0.2) is 4.39 Å². The van der Waals surface area contributed by atoms with E-state index in [0.717, 1.165) is 11.1 Å². The molecule has 3 aromatic rings. The molecule has 2 atom stereocenters. The van der Waals surface area contributed by atoms with Gasteiger partial charge >= 0.3 is 0 Å². The van der Waals surface area contributed by atoms with Crippen LogP contribution in [0.4, 0.5) is 4.39 Å². The molecular formula is C22H23Cl2FN4O2. The summed E-state index contributed by atoms with van der Waals surface area (Å²) in [4.78, 5) is 1.99. The van der Waals surface area contributed by atoms with Crippen LogP contribution in [0.2, 0.25) is 10.0 Å². The molecule has 0 amide bonds. The summed E-state index contributed by atoms with van der Waals surface area (Å²) in [6.45, 7) is 4.09. The van der Waals surface area contributed by atoms with Crippen molar-refractivity contribution in [2.75, 3.05) is 20.2 Å². The lowest BCUT2D eigenvalue weighted by atomic mass is 10.1. The Hall–Kier alpha value is -2.19. The molecule has 2 aromatic carbocycles. The van der Waals surface area contributed by atoms with Crippen molar-refractivity contribution in [3.8, 4) is 11.4 Å². The first-order valence-corrected chi connectivity index (χ1v) is 10.7. The molecule has 1 aliphatic carbocycles. The minimum absolute atomic E-state index is 0.00521. The zero-order chi connectivity index (χ0) is 22.3. The second kappa shape index (κ2) is 8.74. The standard InChI is InChI=1S/C22H23Cl2FN4O2/c1-12-26-27-13(2)29(12)15-4-5-21(19(25)10-15)31-22-17-8-14(23)9-18(24)16(17)11-20(22)28(3)6-7-30/h4-5,8-10,20,22,30H,6-7,11H2,1-3H3/t20-,22-/m0/s1. The third-order valence-corrected chi connectivity index (χ3v) is 6.25. The average Bonchev–Trinajstić information content (AvgIpc) is 3.24. The zero-order valence-corrected chi connectivity index (χ0v) is 19.0. The number of likely N-dealkylation sites (N-methyl/N-ethyl adjacent to an activating group) is 1. The van der Waals surface area contributed by atoms with Crippen molar-refractivity contribution in [3.63, 3.8) is 0 Å². The molecule has 0 fully saturated rings. The largest absolute Gasteiger partial charge is 0.481 e. The van der Waals surface area contributed by atoms with Crippen LogP contribution < -0.4 is 4.74 Å². The molecule has 0 bridgehead atoms. The fourth-order valence-electron chi connectivity index (χ4n) is 4.17. The number of aliphatic hydroxyl groups excluding tert-OH is 1. The van der Waals surface area contributed by atoms with Gasteiger partial charge in [0.05, 0.1) is 18.3 Å². The number of aliphatic hydroxyl groups is 1. The summed E-state index contributed by atoms with van der Waals surface area (Å²) in [5.74, 6) is 0.981. The highest BCUT2D eigenvalue weighted by Gasteiger charge is 2.38. The molecular weight excluding hydrogens is 442 g/mol. The molecule has 0 unspecified atom stereocenters. The molecule has 1 N–H and O–H groups in total. The molecule has 1 aromatic heterocycles. The van der Waals surface area contributed by atoms with Crippen LogP contribution in [0, 0.1) is 19.7 Å². The van der Waals surface area contributed by atoms with E-state index in [1.165, 1.54) is 6.07 Å². The molecule has 0 spiro atoms. The van der Waals surface area contributed by atoms with E-state index in [1.54, 1.807) is 22.8 Å². The maximum absolute atomic E-state index is 15.1. The molecule has 9 heteroatoms. The van der Waals surface area contributed by atoms with E-state index in [0.29, 0.717) is 40.3 Å². The number of benzene rings is 2. The minimum atomic E-state index is -0.491. The van der Waals surface area contributed by atoms with E-state index >= 15 is 4.39 Å². The number of ether oxygens (including phenoxy) is 1. The van der Waals surface area contributed by atoms with E-state index < -0.39 is 11.9 Å². The molecule has 31 heavy (non-hydrogen) atoms. The Labute approximate surface area is 190 Å². The van der Waals surface area contributed by atoms with Crippen LogP contribution in [0.5, 0.6) is 5.75 Å². The van der Waals surface area contributed by atoms with Crippen LogP contribution in [-0.2, 0) is 6.42 Å². The Morgan fingerprint density at radius 3 is 2.55 bits per heavy atom. The SMILES string of the molecule is Cc1nnc(C)n1-c1ccc(O[C@H]2c3cc(Cl)cc(Cl)c3C[C@@H]2N(C)CCO)c(F)c1. The van der Waals surface area contributed by atoms with Gasteiger partial charge in [0.25, 0.3) is 0 Å². The predicted molar refractivity (Wildman–Crippen MR) is 118 cm³/mol. The monoisotopic (exact) mass is 464 g/mol. The molecule has 4 rings (SSSR count). The van der Waals surface area contributed by atoms with E-state index in [1.807, 2.05) is 31.9 Å². The van der Waals surface area contributed by atoms with Gasteiger partial charge in [0.2, 0.25) is 0 Å². The van der Waals surface area contributed by atoms with Gasteiger partial charge in [0.1, 0.15) is 17.8 Å². The average molecular weight is 465 g/mol.